The average Bonchev–Trinajstić information content (AvgIpc) is 2.66. The summed E-state index contributed by atoms with van der Waals surface area (Å²) in [5.41, 5.74) is -0.400. The van der Waals surface area contributed by atoms with Crippen LogP contribution in [0.15, 0.2) is 24.3 Å². The molecule has 1 aromatic carbocycles. The van der Waals surface area contributed by atoms with Crippen LogP contribution in [0.2, 0.25) is 0 Å². The summed E-state index contributed by atoms with van der Waals surface area (Å²) in [4.78, 5) is 16.4. The third-order valence-electron chi connectivity index (χ3n) is 4.55. The molecule has 0 saturated carbocycles. The smallest absolute Gasteiger partial charge is 0.357 e. The number of halogens is 4. The van der Waals surface area contributed by atoms with Crippen molar-refractivity contribution >= 4 is 5.97 Å². The van der Waals surface area contributed by atoms with Crippen molar-refractivity contribution < 1.29 is 36.6 Å². The number of nitrogens with zero attached hydrogens (tertiary/aromatic N) is 1. The predicted molar refractivity (Wildman–Crippen MR) is 94.9 cm³/mol. The van der Waals surface area contributed by atoms with Crippen LogP contribution in [0.5, 0.6) is 5.88 Å². The molecule has 0 radical (unpaired) electrons. The summed E-state index contributed by atoms with van der Waals surface area (Å²) in [7, 11) is 0. The van der Waals surface area contributed by atoms with Gasteiger partial charge >= 0.3 is 12.6 Å². The summed E-state index contributed by atoms with van der Waals surface area (Å²) in [5, 5.41) is 0. The average molecular weight is 413 g/mol. The van der Waals surface area contributed by atoms with E-state index in [1.54, 1.807) is 13.8 Å². The lowest BCUT2D eigenvalue weighted by Gasteiger charge is -2.35. The van der Waals surface area contributed by atoms with E-state index in [1.807, 2.05) is 0 Å². The Morgan fingerprint density at radius 3 is 2.69 bits per heavy atom. The first-order valence-corrected chi connectivity index (χ1v) is 8.97. The lowest BCUT2D eigenvalue weighted by atomic mass is 9.89. The zero-order valence-corrected chi connectivity index (χ0v) is 15.8. The molecule has 5 nitrogen and oxygen atoms in total. The number of benzene rings is 1. The summed E-state index contributed by atoms with van der Waals surface area (Å²) in [5.74, 6) is -2.31. The molecular weight excluding hydrogens is 394 g/mol. The number of hydrogen-bond donors (Lipinski definition) is 0. The van der Waals surface area contributed by atoms with Crippen molar-refractivity contribution in [2.75, 3.05) is 13.2 Å². The lowest BCUT2D eigenvalue weighted by molar-refractivity contribution is -0.164. The highest BCUT2D eigenvalue weighted by Crippen LogP contribution is 2.39. The van der Waals surface area contributed by atoms with Crippen LogP contribution in [0.3, 0.4) is 0 Å². The van der Waals surface area contributed by atoms with Crippen LogP contribution in [0.1, 0.15) is 36.3 Å². The highest BCUT2D eigenvalue weighted by molar-refractivity contribution is 5.90. The molecule has 0 aliphatic carbocycles. The second kappa shape index (κ2) is 8.36. The van der Waals surface area contributed by atoms with Gasteiger partial charge in [0.2, 0.25) is 5.88 Å². The molecule has 1 aromatic heterocycles. The van der Waals surface area contributed by atoms with Crippen LogP contribution < -0.4 is 4.74 Å². The monoisotopic (exact) mass is 413 g/mol. The van der Waals surface area contributed by atoms with E-state index in [-0.39, 0.29) is 23.7 Å². The van der Waals surface area contributed by atoms with E-state index in [0.717, 1.165) is 12.1 Å². The van der Waals surface area contributed by atoms with Crippen molar-refractivity contribution in [3.05, 3.63) is 47.2 Å². The second-order valence-electron chi connectivity index (χ2n) is 6.81. The molecule has 1 aliphatic rings. The Kier molecular flexibility index (Phi) is 6.07. The first-order valence-electron chi connectivity index (χ1n) is 8.97. The maximum atomic E-state index is 14.4. The second-order valence-corrected chi connectivity index (χ2v) is 6.81. The summed E-state index contributed by atoms with van der Waals surface area (Å²) < 4.78 is 67.8. The van der Waals surface area contributed by atoms with Crippen LogP contribution in [-0.2, 0) is 15.9 Å². The highest BCUT2D eigenvalue weighted by atomic mass is 19.3. The fraction of sp³-hybridized carbons (Fsp3) is 0.400. The van der Waals surface area contributed by atoms with Crippen molar-refractivity contribution in [2.45, 2.75) is 38.9 Å². The quantitative estimate of drug-likeness (QED) is 0.515. The van der Waals surface area contributed by atoms with Gasteiger partial charge in [-0.05, 0) is 50.5 Å². The van der Waals surface area contributed by atoms with Gasteiger partial charge in [0.25, 0.3) is 0 Å². The summed E-state index contributed by atoms with van der Waals surface area (Å²) in [6, 6.07) is 4.44. The van der Waals surface area contributed by atoms with Crippen molar-refractivity contribution in [1.82, 2.24) is 4.98 Å². The third kappa shape index (κ3) is 4.67. The number of carbonyl (C=O) groups excluding carboxylic acids is 1. The van der Waals surface area contributed by atoms with Gasteiger partial charge in [-0.15, -0.1) is 0 Å². The van der Waals surface area contributed by atoms with Crippen molar-refractivity contribution in [3.8, 4) is 17.0 Å². The Balaban J connectivity index is 2.08. The fourth-order valence-electron chi connectivity index (χ4n) is 3.15. The minimum Gasteiger partial charge on any atom is -0.469 e. The van der Waals surface area contributed by atoms with E-state index in [9.17, 15) is 22.4 Å². The Hall–Kier alpha value is -2.68. The molecule has 3 rings (SSSR count). The van der Waals surface area contributed by atoms with E-state index in [0.29, 0.717) is 24.0 Å². The minimum atomic E-state index is -2.96. The first-order chi connectivity index (χ1) is 13.7. The number of hydrogen-bond acceptors (Lipinski definition) is 5. The maximum Gasteiger partial charge on any atom is 0.357 e. The minimum absolute atomic E-state index is 0.000828. The van der Waals surface area contributed by atoms with E-state index in [4.69, 9.17) is 9.47 Å². The molecule has 156 valence electrons. The Bertz CT molecular complexity index is 922. The largest absolute Gasteiger partial charge is 0.469 e. The van der Waals surface area contributed by atoms with E-state index >= 15 is 0 Å². The Labute approximate surface area is 164 Å². The molecule has 0 amide bonds. The zero-order valence-electron chi connectivity index (χ0n) is 15.8. The molecule has 0 spiro atoms. The summed E-state index contributed by atoms with van der Waals surface area (Å²) >= 11 is 0. The molecule has 0 saturated heterocycles. The molecule has 1 atom stereocenters. The van der Waals surface area contributed by atoms with Gasteiger partial charge in [-0.2, -0.15) is 8.78 Å². The Morgan fingerprint density at radius 1 is 1.28 bits per heavy atom. The summed E-state index contributed by atoms with van der Waals surface area (Å²) in [6.07, 6.45) is 0.601. The molecule has 1 aliphatic heterocycles. The van der Waals surface area contributed by atoms with Gasteiger partial charge in [-0.1, -0.05) is 0 Å². The number of carbonyl (C=O) groups is 1. The standard InChI is InChI=1S/C20H19F4NO4/c1-3-27-18(26)16-9-14(12-5-4-11(21)8-15(12)22)13-6-7-20(2,10-28-19(23)24)29-17(13)25-16/h4-5,8-9,19H,3,6-7,10H2,1-2H3/t20-/m0/s1. The van der Waals surface area contributed by atoms with Crippen LogP contribution in [0.4, 0.5) is 17.6 Å². The molecular formula is C20H19F4NO4. The topological polar surface area (TPSA) is 57.7 Å². The number of aromatic nitrogens is 1. The molecule has 0 unspecified atom stereocenters. The van der Waals surface area contributed by atoms with Gasteiger partial charge < -0.3 is 14.2 Å². The van der Waals surface area contributed by atoms with Crippen molar-refractivity contribution in [3.63, 3.8) is 0 Å². The van der Waals surface area contributed by atoms with Gasteiger partial charge in [-0.25, -0.2) is 18.6 Å². The normalized spacial score (nSPS) is 18.3. The Morgan fingerprint density at radius 2 is 2.03 bits per heavy atom. The lowest BCUT2D eigenvalue weighted by Crippen LogP contribution is -2.42. The van der Waals surface area contributed by atoms with Crippen LogP contribution in [0, 0.1) is 11.6 Å². The number of rotatable bonds is 6. The van der Waals surface area contributed by atoms with E-state index in [1.165, 1.54) is 12.1 Å². The number of pyridine rings is 1. The fourth-order valence-corrected chi connectivity index (χ4v) is 3.15. The van der Waals surface area contributed by atoms with Gasteiger partial charge in [0.05, 0.1) is 13.2 Å². The SMILES string of the molecule is CCOC(=O)c1cc(-c2ccc(F)cc2F)c2c(n1)O[C@](C)(COC(F)F)CC2. The van der Waals surface area contributed by atoms with Gasteiger partial charge in [0, 0.05) is 17.2 Å². The molecule has 2 aromatic rings. The maximum absolute atomic E-state index is 14.4. The first kappa shape index (κ1) is 21.0. The van der Waals surface area contributed by atoms with E-state index < -0.39 is 36.4 Å². The summed E-state index contributed by atoms with van der Waals surface area (Å²) in [6.45, 7) is -0.0604. The number of fused-ring (bicyclic) bond motifs is 1. The molecule has 0 N–H and O–H groups in total. The number of ether oxygens (including phenoxy) is 3. The molecule has 0 bridgehead atoms. The van der Waals surface area contributed by atoms with Crippen molar-refractivity contribution in [1.29, 1.82) is 0 Å². The van der Waals surface area contributed by atoms with E-state index in [2.05, 4.69) is 9.72 Å². The zero-order chi connectivity index (χ0) is 21.2. The number of alkyl halides is 2. The predicted octanol–water partition coefficient (Wildman–Crippen LogP) is 4.53. The van der Waals surface area contributed by atoms with Crippen molar-refractivity contribution in [2.24, 2.45) is 0 Å². The molecule has 2 heterocycles. The van der Waals surface area contributed by atoms with Crippen LogP contribution in [0.25, 0.3) is 11.1 Å². The molecule has 29 heavy (non-hydrogen) atoms. The third-order valence-corrected chi connectivity index (χ3v) is 4.55. The van der Waals surface area contributed by atoms with Crippen LogP contribution in [-0.4, -0.2) is 36.4 Å². The number of esters is 1. The van der Waals surface area contributed by atoms with Crippen LogP contribution >= 0.6 is 0 Å². The molecule has 0 fully saturated rings. The van der Waals surface area contributed by atoms with Gasteiger partial charge in [-0.3, -0.25) is 0 Å². The van der Waals surface area contributed by atoms with Gasteiger partial charge in [0.1, 0.15) is 17.2 Å². The molecule has 9 heteroatoms. The van der Waals surface area contributed by atoms with Gasteiger partial charge in [0.15, 0.2) is 5.69 Å². The highest BCUT2D eigenvalue weighted by Gasteiger charge is 2.36.